The van der Waals surface area contributed by atoms with Crippen LogP contribution in [0.5, 0.6) is 5.75 Å². The van der Waals surface area contributed by atoms with Crippen molar-refractivity contribution < 1.29 is 13.9 Å². The number of amides is 1. The van der Waals surface area contributed by atoms with Crippen LogP contribution in [0.2, 0.25) is 0 Å². The summed E-state index contributed by atoms with van der Waals surface area (Å²) in [4.78, 5) is 14.9. The largest absolute Gasteiger partial charge is 0.497 e. The second-order valence-electron chi connectivity index (χ2n) is 6.07. The molecule has 0 radical (unpaired) electrons. The quantitative estimate of drug-likeness (QED) is 0.743. The lowest BCUT2D eigenvalue weighted by atomic mass is 10.1. The SMILES string of the molecule is COc1ccc2c(c1)C(=O)N(Cc1ccccc1)c1cc(F)ccc1N2. The Labute approximate surface area is 150 Å². The molecule has 4 rings (SSSR count). The van der Waals surface area contributed by atoms with Crippen LogP contribution in [0.4, 0.5) is 21.5 Å². The minimum absolute atomic E-state index is 0.209. The summed E-state index contributed by atoms with van der Waals surface area (Å²) in [7, 11) is 1.56. The van der Waals surface area contributed by atoms with E-state index in [4.69, 9.17) is 4.74 Å². The van der Waals surface area contributed by atoms with Crippen LogP contribution in [0.15, 0.2) is 66.7 Å². The number of hydrogen-bond donors (Lipinski definition) is 1. The van der Waals surface area contributed by atoms with Crippen molar-refractivity contribution in [1.29, 1.82) is 0 Å². The van der Waals surface area contributed by atoms with Crippen LogP contribution in [0.25, 0.3) is 0 Å². The number of rotatable bonds is 3. The molecule has 0 unspecified atom stereocenters. The van der Waals surface area contributed by atoms with Gasteiger partial charge < -0.3 is 15.0 Å². The maximum Gasteiger partial charge on any atom is 0.260 e. The zero-order chi connectivity index (χ0) is 18.1. The van der Waals surface area contributed by atoms with Crippen molar-refractivity contribution in [2.75, 3.05) is 17.3 Å². The third kappa shape index (κ3) is 2.88. The highest BCUT2D eigenvalue weighted by Crippen LogP contribution is 2.38. The Morgan fingerprint density at radius 1 is 1.00 bits per heavy atom. The molecular formula is C21H17FN2O2. The Hall–Kier alpha value is -3.34. The van der Waals surface area contributed by atoms with Gasteiger partial charge in [0.1, 0.15) is 11.6 Å². The number of methoxy groups -OCH3 is 1. The zero-order valence-corrected chi connectivity index (χ0v) is 14.2. The molecule has 0 aromatic heterocycles. The lowest BCUT2D eigenvalue weighted by molar-refractivity contribution is 0.0986. The van der Waals surface area contributed by atoms with Gasteiger partial charge in [-0.1, -0.05) is 30.3 Å². The van der Waals surface area contributed by atoms with Gasteiger partial charge in [-0.15, -0.1) is 0 Å². The molecule has 0 bridgehead atoms. The van der Waals surface area contributed by atoms with Crippen molar-refractivity contribution >= 4 is 23.0 Å². The Morgan fingerprint density at radius 3 is 2.54 bits per heavy atom. The van der Waals surface area contributed by atoms with E-state index in [1.807, 2.05) is 30.3 Å². The van der Waals surface area contributed by atoms with Crippen LogP contribution in [0.3, 0.4) is 0 Å². The Bertz CT molecular complexity index is 973. The molecule has 26 heavy (non-hydrogen) atoms. The number of fused-ring (bicyclic) bond motifs is 2. The number of halogens is 1. The van der Waals surface area contributed by atoms with Crippen LogP contribution in [0, 0.1) is 5.82 Å². The number of anilines is 3. The standard InChI is InChI=1S/C21H17FN2O2/c1-26-16-8-10-18-17(12-16)21(25)24(13-14-5-3-2-4-6-14)20-11-15(22)7-9-19(20)23-18/h2-12,23H,13H2,1H3. The summed E-state index contributed by atoms with van der Waals surface area (Å²) in [6, 6.07) is 19.3. The number of carbonyl (C=O) groups is 1. The van der Waals surface area contributed by atoms with Crippen LogP contribution in [-0.4, -0.2) is 13.0 Å². The smallest absolute Gasteiger partial charge is 0.260 e. The Kier molecular flexibility index (Phi) is 4.05. The van der Waals surface area contributed by atoms with Crippen molar-refractivity contribution in [3.8, 4) is 5.75 Å². The van der Waals surface area contributed by atoms with E-state index in [1.54, 1.807) is 36.3 Å². The van der Waals surface area contributed by atoms with Gasteiger partial charge in [0.05, 0.1) is 36.3 Å². The van der Waals surface area contributed by atoms with Crippen molar-refractivity contribution in [2.45, 2.75) is 6.54 Å². The Balaban J connectivity index is 1.86. The number of hydrogen-bond acceptors (Lipinski definition) is 3. The zero-order valence-electron chi connectivity index (χ0n) is 14.2. The van der Waals surface area contributed by atoms with Crippen LogP contribution in [-0.2, 0) is 6.54 Å². The number of benzene rings is 3. The first-order valence-electron chi connectivity index (χ1n) is 8.26. The highest BCUT2D eigenvalue weighted by atomic mass is 19.1. The lowest BCUT2D eigenvalue weighted by Gasteiger charge is -2.23. The van der Waals surface area contributed by atoms with Gasteiger partial charge in [-0.05, 0) is 42.0 Å². The van der Waals surface area contributed by atoms with E-state index < -0.39 is 0 Å². The molecule has 1 N–H and O–H groups in total. The fourth-order valence-corrected chi connectivity index (χ4v) is 3.09. The van der Waals surface area contributed by atoms with Crippen molar-refractivity contribution in [3.63, 3.8) is 0 Å². The fourth-order valence-electron chi connectivity index (χ4n) is 3.09. The summed E-state index contributed by atoms with van der Waals surface area (Å²) in [6.07, 6.45) is 0. The van der Waals surface area contributed by atoms with E-state index in [0.717, 1.165) is 5.56 Å². The van der Waals surface area contributed by atoms with Gasteiger partial charge in [0.15, 0.2) is 0 Å². The predicted molar refractivity (Wildman–Crippen MR) is 99.6 cm³/mol. The summed E-state index contributed by atoms with van der Waals surface area (Å²) in [5.41, 5.74) is 3.30. The van der Waals surface area contributed by atoms with Gasteiger partial charge in [0.25, 0.3) is 5.91 Å². The predicted octanol–water partition coefficient (Wildman–Crippen LogP) is 4.74. The van der Waals surface area contributed by atoms with Crippen molar-refractivity contribution in [2.24, 2.45) is 0 Å². The number of nitrogens with one attached hydrogen (secondary N) is 1. The second kappa shape index (κ2) is 6.52. The highest BCUT2D eigenvalue weighted by molar-refractivity contribution is 6.13. The molecule has 4 nitrogen and oxygen atoms in total. The Morgan fingerprint density at radius 2 is 1.77 bits per heavy atom. The maximum absolute atomic E-state index is 13.9. The van der Waals surface area contributed by atoms with Gasteiger partial charge in [0.2, 0.25) is 0 Å². The van der Waals surface area contributed by atoms with Crippen molar-refractivity contribution in [3.05, 3.63) is 83.7 Å². The fraction of sp³-hybridized carbons (Fsp3) is 0.0952. The third-order valence-electron chi connectivity index (χ3n) is 4.41. The molecule has 1 amide bonds. The molecule has 0 fully saturated rings. The van der Waals surface area contributed by atoms with Gasteiger partial charge in [-0.3, -0.25) is 4.79 Å². The van der Waals surface area contributed by atoms with E-state index >= 15 is 0 Å². The first-order chi connectivity index (χ1) is 12.7. The van der Waals surface area contributed by atoms with E-state index in [-0.39, 0.29) is 11.7 Å². The summed E-state index contributed by atoms with van der Waals surface area (Å²) in [5.74, 6) is -0.00440. The molecule has 1 aliphatic rings. The summed E-state index contributed by atoms with van der Waals surface area (Å²) >= 11 is 0. The lowest BCUT2D eigenvalue weighted by Crippen LogP contribution is -2.29. The van der Waals surface area contributed by atoms with Gasteiger partial charge in [0, 0.05) is 0 Å². The van der Waals surface area contributed by atoms with E-state index in [1.165, 1.54) is 12.1 Å². The molecule has 3 aromatic carbocycles. The van der Waals surface area contributed by atoms with Crippen molar-refractivity contribution in [1.82, 2.24) is 0 Å². The molecule has 1 aliphatic heterocycles. The molecule has 5 heteroatoms. The average molecular weight is 348 g/mol. The average Bonchev–Trinajstić information content (AvgIpc) is 2.78. The van der Waals surface area contributed by atoms with Crippen LogP contribution < -0.4 is 15.0 Å². The molecule has 0 spiro atoms. The number of ether oxygens (including phenoxy) is 1. The normalized spacial score (nSPS) is 12.7. The molecule has 3 aromatic rings. The first kappa shape index (κ1) is 16.1. The van der Waals surface area contributed by atoms with Gasteiger partial charge in [-0.2, -0.15) is 0 Å². The molecule has 0 atom stereocenters. The monoisotopic (exact) mass is 348 g/mol. The van der Waals surface area contributed by atoms with Gasteiger partial charge in [-0.25, -0.2) is 4.39 Å². The number of nitrogens with zero attached hydrogens (tertiary/aromatic N) is 1. The van der Waals surface area contributed by atoms with Crippen LogP contribution >= 0.6 is 0 Å². The third-order valence-corrected chi connectivity index (χ3v) is 4.41. The summed E-state index contributed by atoms with van der Waals surface area (Å²) in [5, 5.41) is 3.24. The highest BCUT2D eigenvalue weighted by Gasteiger charge is 2.27. The topological polar surface area (TPSA) is 41.6 Å². The molecule has 130 valence electrons. The van der Waals surface area contributed by atoms with Gasteiger partial charge >= 0.3 is 0 Å². The van der Waals surface area contributed by atoms with Crippen LogP contribution in [0.1, 0.15) is 15.9 Å². The molecular weight excluding hydrogens is 331 g/mol. The molecule has 0 saturated carbocycles. The summed E-state index contributed by atoms with van der Waals surface area (Å²) in [6.45, 7) is 0.342. The molecule has 0 aliphatic carbocycles. The maximum atomic E-state index is 13.9. The number of carbonyl (C=O) groups excluding carboxylic acids is 1. The van der Waals surface area contributed by atoms with E-state index in [0.29, 0.717) is 34.9 Å². The summed E-state index contributed by atoms with van der Waals surface area (Å²) < 4.78 is 19.2. The molecule has 0 saturated heterocycles. The molecule has 1 heterocycles. The minimum atomic E-state index is -0.389. The second-order valence-corrected chi connectivity index (χ2v) is 6.07. The van der Waals surface area contributed by atoms with E-state index in [9.17, 15) is 9.18 Å². The minimum Gasteiger partial charge on any atom is -0.497 e. The first-order valence-corrected chi connectivity index (χ1v) is 8.26. The van der Waals surface area contributed by atoms with E-state index in [2.05, 4.69) is 5.32 Å².